The van der Waals surface area contributed by atoms with Crippen molar-refractivity contribution in [3.05, 3.63) is 47.2 Å². The highest BCUT2D eigenvalue weighted by Crippen LogP contribution is 2.19. The van der Waals surface area contributed by atoms with Gasteiger partial charge in [0.15, 0.2) is 0 Å². The van der Waals surface area contributed by atoms with Gasteiger partial charge in [0.1, 0.15) is 5.75 Å². The number of benzene rings is 1. The predicted molar refractivity (Wildman–Crippen MR) is 81.1 cm³/mol. The summed E-state index contributed by atoms with van der Waals surface area (Å²) < 4.78 is 8.33. The number of thioether (sulfide) groups is 1. The molecule has 20 heavy (non-hydrogen) atoms. The molecule has 0 radical (unpaired) electrons. The summed E-state index contributed by atoms with van der Waals surface area (Å²) in [5, 5.41) is 5.02. The normalized spacial score (nSPS) is 10.8. The second-order valence-corrected chi connectivity index (χ2v) is 5.89. The predicted octanol–water partition coefficient (Wildman–Crippen LogP) is 3.06. The van der Waals surface area contributed by atoms with Crippen LogP contribution in [0.25, 0.3) is 5.78 Å². The topological polar surface area (TPSA) is 52.3 Å². The van der Waals surface area contributed by atoms with E-state index in [4.69, 9.17) is 4.74 Å². The molecule has 5 nitrogen and oxygen atoms in total. The molecule has 3 rings (SSSR count). The first-order valence-corrected chi connectivity index (χ1v) is 7.78. The van der Waals surface area contributed by atoms with Gasteiger partial charge in [-0.25, -0.2) is 9.50 Å². The zero-order valence-electron chi connectivity index (χ0n) is 10.4. The van der Waals surface area contributed by atoms with Crippen LogP contribution >= 0.6 is 27.7 Å². The molecule has 0 N–H and O–H groups in total. The van der Waals surface area contributed by atoms with Crippen LogP contribution < -0.4 is 4.74 Å². The maximum atomic E-state index is 5.65. The Bertz CT molecular complexity index is 685. The van der Waals surface area contributed by atoms with Gasteiger partial charge < -0.3 is 4.74 Å². The van der Waals surface area contributed by atoms with Crippen LogP contribution in [0.2, 0.25) is 0 Å². The molecular weight excluding hydrogens is 340 g/mol. The molecule has 0 aliphatic heterocycles. The number of halogens is 1. The first-order valence-electron chi connectivity index (χ1n) is 6.00. The molecule has 102 valence electrons. The molecule has 0 atom stereocenters. The second-order valence-electron chi connectivity index (χ2n) is 3.91. The quantitative estimate of drug-likeness (QED) is 0.522. The lowest BCUT2D eigenvalue weighted by Crippen LogP contribution is -2.00. The summed E-state index contributed by atoms with van der Waals surface area (Å²) in [6.45, 7) is 0.601. The van der Waals surface area contributed by atoms with E-state index < -0.39 is 0 Å². The van der Waals surface area contributed by atoms with Crippen molar-refractivity contribution in [1.82, 2.24) is 19.6 Å². The SMILES string of the molecule is Brc1cccc(OCCSc2nc3ncccn3n2)c1. The Hall–Kier alpha value is -1.60. The van der Waals surface area contributed by atoms with Crippen LogP contribution in [0.3, 0.4) is 0 Å². The Labute approximate surface area is 128 Å². The van der Waals surface area contributed by atoms with Crippen molar-refractivity contribution >= 4 is 33.5 Å². The van der Waals surface area contributed by atoms with E-state index in [0.717, 1.165) is 16.0 Å². The molecule has 3 aromatic rings. The standard InChI is InChI=1S/C13H11BrN4OS/c14-10-3-1-4-11(9-10)19-7-8-20-13-16-12-15-5-2-6-18(12)17-13/h1-6,9H,7-8H2. The Kier molecular flexibility index (Phi) is 4.17. The zero-order valence-corrected chi connectivity index (χ0v) is 12.8. The van der Waals surface area contributed by atoms with Crippen molar-refractivity contribution in [2.45, 2.75) is 5.16 Å². The van der Waals surface area contributed by atoms with Gasteiger partial charge in [-0.3, -0.25) is 0 Å². The van der Waals surface area contributed by atoms with E-state index in [1.165, 1.54) is 0 Å². The van der Waals surface area contributed by atoms with Crippen molar-refractivity contribution in [2.24, 2.45) is 0 Å². The summed E-state index contributed by atoms with van der Waals surface area (Å²) in [4.78, 5) is 8.44. The molecule has 2 aromatic heterocycles. The fourth-order valence-electron chi connectivity index (χ4n) is 1.62. The van der Waals surface area contributed by atoms with Gasteiger partial charge in [0.05, 0.1) is 6.61 Å². The highest BCUT2D eigenvalue weighted by molar-refractivity contribution is 9.10. The summed E-state index contributed by atoms with van der Waals surface area (Å²) in [5.41, 5.74) is 0. The Morgan fingerprint density at radius 1 is 1.30 bits per heavy atom. The van der Waals surface area contributed by atoms with E-state index >= 15 is 0 Å². The smallest absolute Gasteiger partial charge is 0.253 e. The van der Waals surface area contributed by atoms with Crippen LogP contribution in [-0.2, 0) is 0 Å². The van der Waals surface area contributed by atoms with Crippen molar-refractivity contribution in [3.63, 3.8) is 0 Å². The molecule has 0 bridgehead atoms. The molecule has 0 saturated carbocycles. The lowest BCUT2D eigenvalue weighted by molar-refractivity contribution is 0.343. The highest BCUT2D eigenvalue weighted by Gasteiger charge is 2.04. The number of rotatable bonds is 5. The molecule has 7 heteroatoms. The number of hydrogen-bond donors (Lipinski definition) is 0. The summed E-state index contributed by atoms with van der Waals surface area (Å²) in [7, 11) is 0. The molecular formula is C13H11BrN4OS. The number of aromatic nitrogens is 4. The van der Waals surface area contributed by atoms with Gasteiger partial charge in [-0.2, -0.15) is 4.98 Å². The van der Waals surface area contributed by atoms with E-state index in [9.17, 15) is 0 Å². The maximum absolute atomic E-state index is 5.65. The summed E-state index contributed by atoms with van der Waals surface area (Å²) >= 11 is 4.96. The molecule has 0 saturated heterocycles. The largest absolute Gasteiger partial charge is 0.493 e. The van der Waals surface area contributed by atoms with Gasteiger partial charge in [0.25, 0.3) is 5.78 Å². The molecule has 1 aromatic carbocycles. The van der Waals surface area contributed by atoms with Crippen LogP contribution in [0.4, 0.5) is 0 Å². The number of nitrogens with zero attached hydrogens (tertiary/aromatic N) is 4. The average Bonchev–Trinajstić information content (AvgIpc) is 2.86. The summed E-state index contributed by atoms with van der Waals surface area (Å²) in [5.74, 6) is 2.25. The van der Waals surface area contributed by atoms with Gasteiger partial charge in [-0.15, -0.1) is 5.10 Å². The Morgan fingerprint density at radius 3 is 3.10 bits per heavy atom. The zero-order chi connectivity index (χ0) is 13.8. The van der Waals surface area contributed by atoms with Gasteiger partial charge in [-0.05, 0) is 24.3 Å². The van der Waals surface area contributed by atoms with E-state index in [2.05, 4.69) is 31.0 Å². The van der Waals surface area contributed by atoms with Crippen molar-refractivity contribution in [3.8, 4) is 5.75 Å². The lowest BCUT2D eigenvalue weighted by atomic mass is 10.3. The van der Waals surface area contributed by atoms with Gasteiger partial charge in [0.2, 0.25) is 5.16 Å². The number of fused-ring (bicyclic) bond motifs is 1. The monoisotopic (exact) mass is 350 g/mol. The van der Waals surface area contributed by atoms with E-state index in [0.29, 0.717) is 17.5 Å². The molecule has 0 unspecified atom stereocenters. The summed E-state index contributed by atoms with van der Waals surface area (Å²) in [6.07, 6.45) is 3.53. The minimum Gasteiger partial charge on any atom is -0.493 e. The van der Waals surface area contributed by atoms with E-state index in [1.54, 1.807) is 22.5 Å². The average molecular weight is 351 g/mol. The highest BCUT2D eigenvalue weighted by atomic mass is 79.9. The molecule has 0 aliphatic rings. The third-order valence-corrected chi connectivity index (χ3v) is 3.77. The van der Waals surface area contributed by atoms with Crippen LogP contribution in [0.5, 0.6) is 5.75 Å². The number of hydrogen-bond acceptors (Lipinski definition) is 5. The van der Waals surface area contributed by atoms with E-state index in [-0.39, 0.29) is 0 Å². The second kappa shape index (κ2) is 6.23. The first-order chi connectivity index (χ1) is 9.81. The van der Waals surface area contributed by atoms with Crippen molar-refractivity contribution in [2.75, 3.05) is 12.4 Å². The molecule has 2 heterocycles. The molecule has 0 spiro atoms. The summed E-state index contributed by atoms with van der Waals surface area (Å²) in [6, 6.07) is 9.61. The van der Waals surface area contributed by atoms with Crippen LogP contribution in [0.15, 0.2) is 52.4 Å². The maximum Gasteiger partial charge on any atom is 0.253 e. The minimum absolute atomic E-state index is 0.601. The van der Waals surface area contributed by atoms with Gasteiger partial charge >= 0.3 is 0 Å². The third-order valence-electron chi connectivity index (χ3n) is 2.48. The fraction of sp³-hybridized carbons (Fsp3) is 0.154. The Morgan fingerprint density at radius 2 is 2.25 bits per heavy atom. The van der Waals surface area contributed by atoms with Gasteiger partial charge in [-0.1, -0.05) is 33.8 Å². The van der Waals surface area contributed by atoms with Crippen molar-refractivity contribution in [1.29, 1.82) is 0 Å². The minimum atomic E-state index is 0.601. The van der Waals surface area contributed by atoms with Gasteiger partial charge in [0, 0.05) is 22.6 Å². The lowest BCUT2D eigenvalue weighted by Gasteiger charge is -2.04. The Balaban J connectivity index is 1.52. The first kappa shape index (κ1) is 13.4. The molecule has 0 fully saturated rings. The third kappa shape index (κ3) is 3.29. The van der Waals surface area contributed by atoms with Crippen LogP contribution in [-0.4, -0.2) is 31.9 Å². The van der Waals surface area contributed by atoms with Crippen molar-refractivity contribution < 1.29 is 4.74 Å². The number of ether oxygens (including phenoxy) is 1. The van der Waals surface area contributed by atoms with Crippen LogP contribution in [0.1, 0.15) is 0 Å². The molecule has 0 amide bonds. The molecule has 0 aliphatic carbocycles. The van der Waals surface area contributed by atoms with E-state index in [1.807, 2.05) is 36.5 Å². The van der Waals surface area contributed by atoms with Crippen LogP contribution in [0, 0.1) is 0 Å². The fourth-order valence-corrected chi connectivity index (χ4v) is 2.64.